The molecule has 3 aromatic rings. The summed E-state index contributed by atoms with van der Waals surface area (Å²) >= 11 is 0. The Labute approximate surface area is 212 Å². The molecule has 1 N–H and O–H groups in total. The van der Waals surface area contributed by atoms with E-state index < -0.39 is 40.2 Å². The lowest BCUT2D eigenvalue weighted by Gasteiger charge is -2.36. The highest BCUT2D eigenvalue weighted by molar-refractivity contribution is 6.02. The molecular weight excluding hydrogens is 472 g/mol. The molecule has 4 atom stereocenters. The van der Waals surface area contributed by atoms with Crippen LogP contribution in [0.1, 0.15) is 17.0 Å². The maximum atomic E-state index is 14.0. The number of carbonyl (C=O) groups is 2. The predicted molar refractivity (Wildman–Crippen MR) is 137 cm³/mol. The van der Waals surface area contributed by atoms with Crippen LogP contribution in [0.15, 0.2) is 84.9 Å². The van der Waals surface area contributed by atoms with Crippen LogP contribution in [0.2, 0.25) is 0 Å². The molecule has 1 amide bonds. The Kier molecular flexibility index (Phi) is 5.93. The van der Waals surface area contributed by atoms with Gasteiger partial charge in [-0.15, -0.1) is 0 Å². The van der Waals surface area contributed by atoms with E-state index in [0.717, 1.165) is 5.56 Å². The fourth-order valence-corrected chi connectivity index (χ4v) is 5.45. The first kappa shape index (κ1) is 23.8. The smallest absolute Gasteiger partial charge is 0.329 e. The third-order valence-corrected chi connectivity index (χ3v) is 7.03. The Morgan fingerprint density at radius 2 is 1.73 bits per heavy atom. The Hall–Kier alpha value is -4.97. The number of non-ortho nitro benzene ring substituents is 1. The summed E-state index contributed by atoms with van der Waals surface area (Å²) < 4.78 is 5.16. The molecule has 0 aromatic heterocycles. The van der Waals surface area contributed by atoms with Gasteiger partial charge in [-0.2, -0.15) is 5.26 Å². The van der Waals surface area contributed by atoms with E-state index in [1.165, 1.54) is 31.4 Å². The zero-order chi connectivity index (χ0) is 26.2. The first-order valence-electron chi connectivity index (χ1n) is 11.6. The molecule has 5 rings (SSSR count). The van der Waals surface area contributed by atoms with Crippen LogP contribution in [0.25, 0.3) is 6.08 Å². The number of ether oxygens (including phenoxy) is 1. The van der Waals surface area contributed by atoms with Crippen molar-refractivity contribution in [2.45, 2.75) is 18.0 Å². The van der Waals surface area contributed by atoms with Gasteiger partial charge in [0, 0.05) is 29.4 Å². The number of rotatable bonds is 5. The van der Waals surface area contributed by atoms with Crippen molar-refractivity contribution in [2.75, 3.05) is 17.3 Å². The SMILES string of the molecule is COC(=O)[C@]1(C#N)[C@H](c2ccc([N+](=O)[O-])cc2)[C@@H](C(=O)Nc2ccccc2)N2c3ccccc3C=C[C@H]21. The molecule has 9 heteroatoms. The standard InChI is InChI=1S/C28H22N4O5/c1-37-27(34)28(17-29)23-16-13-18-7-5-6-10-22(18)31(23)25(26(33)30-20-8-3-2-4-9-20)24(28)19-11-14-21(15-12-19)32(35)36/h2-16,23-25H,1H3,(H,30,33)/t23-,24+,25-,28-/m0/s1. The van der Waals surface area contributed by atoms with E-state index in [1.54, 1.807) is 35.2 Å². The van der Waals surface area contributed by atoms with Crippen molar-refractivity contribution in [3.8, 4) is 6.07 Å². The van der Waals surface area contributed by atoms with Crippen molar-refractivity contribution in [2.24, 2.45) is 5.41 Å². The average Bonchev–Trinajstić information content (AvgIpc) is 3.25. The lowest BCUT2D eigenvalue weighted by atomic mass is 9.68. The number of amides is 1. The largest absolute Gasteiger partial charge is 0.468 e. The highest BCUT2D eigenvalue weighted by atomic mass is 16.6. The van der Waals surface area contributed by atoms with Gasteiger partial charge >= 0.3 is 5.97 Å². The highest BCUT2D eigenvalue weighted by Crippen LogP contribution is 2.56. The maximum Gasteiger partial charge on any atom is 0.329 e. The first-order chi connectivity index (χ1) is 17.9. The second-order valence-electron chi connectivity index (χ2n) is 8.87. The van der Waals surface area contributed by atoms with Gasteiger partial charge < -0.3 is 15.0 Å². The molecule has 0 unspecified atom stereocenters. The van der Waals surface area contributed by atoms with Crippen LogP contribution in [0, 0.1) is 26.9 Å². The van der Waals surface area contributed by atoms with Crippen molar-refractivity contribution in [1.82, 2.24) is 0 Å². The molecule has 37 heavy (non-hydrogen) atoms. The summed E-state index contributed by atoms with van der Waals surface area (Å²) in [7, 11) is 1.20. The number of nitro groups is 1. The molecule has 0 spiro atoms. The molecular formula is C28H22N4O5. The highest BCUT2D eigenvalue weighted by Gasteiger charge is 2.67. The summed E-state index contributed by atoms with van der Waals surface area (Å²) in [5.74, 6) is -2.21. The molecule has 0 aliphatic carbocycles. The normalized spacial score (nSPS) is 23.4. The predicted octanol–water partition coefficient (Wildman–Crippen LogP) is 4.28. The molecule has 1 fully saturated rings. The summed E-state index contributed by atoms with van der Waals surface area (Å²) in [6.07, 6.45) is 3.58. The van der Waals surface area contributed by atoms with E-state index in [4.69, 9.17) is 4.74 Å². The fraction of sp³-hybridized carbons (Fsp3) is 0.179. The Bertz CT molecular complexity index is 1450. The number of hydrogen-bond acceptors (Lipinski definition) is 7. The number of fused-ring (bicyclic) bond motifs is 3. The van der Waals surface area contributed by atoms with Crippen LogP contribution in [0.3, 0.4) is 0 Å². The summed E-state index contributed by atoms with van der Waals surface area (Å²) in [4.78, 5) is 40.0. The van der Waals surface area contributed by atoms with Crippen molar-refractivity contribution in [3.63, 3.8) is 0 Å². The Balaban J connectivity index is 1.74. The lowest BCUT2D eigenvalue weighted by molar-refractivity contribution is -0.384. The van der Waals surface area contributed by atoms with Crippen LogP contribution in [0.5, 0.6) is 0 Å². The lowest BCUT2D eigenvalue weighted by Crippen LogP contribution is -2.47. The molecule has 2 aliphatic heterocycles. The van der Waals surface area contributed by atoms with Gasteiger partial charge in [-0.1, -0.05) is 60.7 Å². The van der Waals surface area contributed by atoms with Gasteiger partial charge in [0.05, 0.1) is 24.1 Å². The van der Waals surface area contributed by atoms with Gasteiger partial charge in [-0.25, -0.2) is 0 Å². The van der Waals surface area contributed by atoms with E-state index in [-0.39, 0.29) is 5.69 Å². The summed E-state index contributed by atoms with van der Waals surface area (Å²) in [5.41, 5.74) is 0.558. The van der Waals surface area contributed by atoms with Gasteiger partial charge in [0.1, 0.15) is 6.04 Å². The van der Waals surface area contributed by atoms with Crippen molar-refractivity contribution < 1.29 is 19.2 Å². The minimum Gasteiger partial charge on any atom is -0.468 e. The summed E-state index contributed by atoms with van der Waals surface area (Å²) in [6.45, 7) is 0. The number of benzene rings is 3. The zero-order valence-electron chi connectivity index (χ0n) is 19.8. The van der Waals surface area contributed by atoms with E-state index in [0.29, 0.717) is 16.9 Å². The minimum atomic E-state index is -1.81. The van der Waals surface area contributed by atoms with Crippen molar-refractivity contribution >= 4 is 35.0 Å². The zero-order valence-corrected chi connectivity index (χ0v) is 19.8. The molecule has 9 nitrogen and oxygen atoms in total. The molecule has 184 valence electrons. The molecule has 1 saturated heterocycles. The monoisotopic (exact) mass is 494 g/mol. The number of hydrogen-bond donors (Lipinski definition) is 1. The molecule has 3 aromatic carbocycles. The molecule has 0 bridgehead atoms. The quantitative estimate of drug-likeness (QED) is 0.319. The molecule has 0 saturated carbocycles. The van der Waals surface area contributed by atoms with Gasteiger partial charge in [0.2, 0.25) is 5.91 Å². The van der Waals surface area contributed by atoms with Crippen LogP contribution in [-0.4, -0.2) is 36.0 Å². The van der Waals surface area contributed by atoms with E-state index in [9.17, 15) is 25.0 Å². The van der Waals surface area contributed by atoms with E-state index in [1.807, 2.05) is 36.4 Å². The van der Waals surface area contributed by atoms with E-state index >= 15 is 0 Å². The van der Waals surface area contributed by atoms with Crippen molar-refractivity contribution in [1.29, 1.82) is 5.26 Å². The molecule has 2 heterocycles. The van der Waals surface area contributed by atoms with Gasteiger partial charge in [-0.3, -0.25) is 19.7 Å². The summed E-state index contributed by atoms with van der Waals surface area (Å²) in [6, 6.07) is 22.3. The second-order valence-corrected chi connectivity index (χ2v) is 8.87. The second kappa shape index (κ2) is 9.24. The van der Waals surface area contributed by atoms with E-state index in [2.05, 4.69) is 11.4 Å². The number of para-hydroxylation sites is 2. The Morgan fingerprint density at radius 3 is 2.38 bits per heavy atom. The number of nitrogens with zero attached hydrogens (tertiary/aromatic N) is 3. The first-order valence-corrected chi connectivity index (χ1v) is 11.6. The number of nitriles is 1. The van der Waals surface area contributed by atoms with Gasteiger partial charge in [0.25, 0.3) is 5.69 Å². The fourth-order valence-electron chi connectivity index (χ4n) is 5.45. The third kappa shape index (κ3) is 3.70. The molecule has 2 aliphatic rings. The third-order valence-electron chi connectivity index (χ3n) is 7.03. The number of nitro benzene ring substituents is 1. The van der Waals surface area contributed by atoms with Crippen LogP contribution < -0.4 is 10.2 Å². The average molecular weight is 495 g/mol. The number of methoxy groups -OCH3 is 1. The number of esters is 1. The number of nitrogens with one attached hydrogen (secondary N) is 1. The van der Waals surface area contributed by atoms with Crippen LogP contribution >= 0.6 is 0 Å². The summed E-state index contributed by atoms with van der Waals surface area (Å²) in [5, 5.41) is 24.8. The van der Waals surface area contributed by atoms with Gasteiger partial charge in [0.15, 0.2) is 5.41 Å². The Morgan fingerprint density at radius 1 is 1.05 bits per heavy atom. The van der Waals surface area contributed by atoms with Crippen LogP contribution in [0.4, 0.5) is 17.1 Å². The topological polar surface area (TPSA) is 126 Å². The van der Waals surface area contributed by atoms with Crippen molar-refractivity contribution in [3.05, 3.63) is 106 Å². The molecule has 0 radical (unpaired) electrons. The van der Waals surface area contributed by atoms with Crippen LogP contribution in [-0.2, 0) is 14.3 Å². The maximum absolute atomic E-state index is 14.0. The minimum absolute atomic E-state index is 0.143. The number of carbonyl (C=O) groups excluding carboxylic acids is 2. The van der Waals surface area contributed by atoms with Gasteiger partial charge in [-0.05, 0) is 29.3 Å². The number of anilines is 2.